The number of alkyl halides is 3. The first-order valence-electron chi connectivity index (χ1n) is 7.92. The van der Waals surface area contributed by atoms with Crippen molar-refractivity contribution in [1.82, 2.24) is 5.32 Å². The Morgan fingerprint density at radius 3 is 2.35 bits per heavy atom. The van der Waals surface area contributed by atoms with Crippen LogP contribution in [-0.2, 0) is 28.9 Å². The van der Waals surface area contributed by atoms with E-state index in [0.717, 1.165) is 6.92 Å². The van der Waals surface area contributed by atoms with Crippen LogP contribution in [0.4, 0.5) is 13.2 Å². The number of ether oxygens (including phenoxy) is 2. The normalized spacial score (nSPS) is 11.3. The monoisotopic (exact) mass is 367 g/mol. The van der Waals surface area contributed by atoms with E-state index in [2.05, 4.69) is 5.32 Å². The van der Waals surface area contributed by atoms with Gasteiger partial charge in [0.15, 0.2) is 0 Å². The minimum absolute atomic E-state index is 0.0670. The largest absolute Gasteiger partial charge is 0.496 e. The van der Waals surface area contributed by atoms with Gasteiger partial charge in [-0.05, 0) is 24.2 Å². The summed E-state index contributed by atoms with van der Waals surface area (Å²) >= 11 is 0. The van der Waals surface area contributed by atoms with Crippen molar-refractivity contribution in [2.45, 2.75) is 26.3 Å². The van der Waals surface area contributed by atoms with E-state index in [4.69, 9.17) is 9.47 Å². The maximum absolute atomic E-state index is 14.0. The zero-order chi connectivity index (χ0) is 19.3. The zero-order valence-electron chi connectivity index (χ0n) is 14.7. The van der Waals surface area contributed by atoms with Gasteiger partial charge in [0.1, 0.15) is 12.4 Å². The fourth-order valence-electron chi connectivity index (χ4n) is 2.80. The molecular weight excluding hydrogens is 347 g/mol. The van der Waals surface area contributed by atoms with Gasteiger partial charge in [0, 0.05) is 24.6 Å². The number of hydrogen-bond acceptors (Lipinski definition) is 4. The SMILES string of the molecule is CNCc1cc(OC)c(-c2ccccc2)c(C(F)(F)F)c1COC(C)=O. The third-order valence-corrected chi connectivity index (χ3v) is 3.84. The fourth-order valence-corrected chi connectivity index (χ4v) is 2.80. The Bertz CT molecular complexity index is 774. The molecule has 2 aromatic carbocycles. The van der Waals surface area contributed by atoms with Crippen LogP contribution < -0.4 is 10.1 Å². The zero-order valence-corrected chi connectivity index (χ0v) is 14.7. The van der Waals surface area contributed by atoms with Gasteiger partial charge in [0.2, 0.25) is 0 Å². The molecule has 2 rings (SSSR count). The third kappa shape index (κ3) is 4.35. The van der Waals surface area contributed by atoms with Crippen LogP contribution in [0.5, 0.6) is 5.75 Å². The molecule has 140 valence electrons. The van der Waals surface area contributed by atoms with Crippen molar-refractivity contribution in [3.05, 3.63) is 53.1 Å². The maximum atomic E-state index is 14.0. The van der Waals surface area contributed by atoms with Crippen molar-refractivity contribution in [2.75, 3.05) is 14.2 Å². The van der Waals surface area contributed by atoms with Crippen LogP contribution in [0.25, 0.3) is 11.1 Å². The number of esters is 1. The van der Waals surface area contributed by atoms with Crippen LogP contribution in [0.3, 0.4) is 0 Å². The molecule has 0 aromatic heterocycles. The molecule has 0 aliphatic rings. The number of halogens is 3. The van der Waals surface area contributed by atoms with E-state index in [0.29, 0.717) is 11.1 Å². The number of rotatable bonds is 6. The Morgan fingerprint density at radius 1 is 1.19 bits per heavy atom. The quantitative estimate of drug-likeness (QED) is 0.779. The molecule has 0 heterocycles. The molecule has 0 unspecified atom stereocenters. The van der Waals surface area contributed by atoms with Gasteiger partial charge in [-0.2, -0.15) is 13.2 Å². The van der Waals surface area contributed by atoms with Gasteiger partial charge >= 0.3 is 12.1 Å². The molecule has 0 bridgehead atoms. The van der Waals surface area contributed by atoms with E-state index in [-0.39, 0.29) is 23.4 Å². The number of carbonyl (C=O) groups is 1. The Labute approximate surface area is 149 Å². The molecule has 0 spiro atoms. The lowest BCUT2D eigenvalue weighted by atomic mass is 9.90. The van der Waals surface area contributed by atoms with E-state index >= 15 is 0 Å². The molecule has 4 nitrogen and oxygen atoms in total. The summed E-state index contributed by atoms with van der Waals surface area (Å²) in [5.41, 5.74) is -0.270. The minimum Gasteiger partial charge on any atom is -0.496 e. The third-order valence-electron chi connectivity index (χ3n) is 3.84. The van der Waals surface area contributed by atoms with Crippen LogP contribution in [0, 0.1) is 0 Å². The molecule has 1 N–H and O–H groups in total. The van der Waals surface area contributed by atoms with Gasteiger partial charge < -0.3 is 14.8 Å². The van der Waals surface area contributed by atoms with Crippen molar-refractivity contribution in [2.24, 2.45) is 0 Å². The topological polar surface area (TPSA) is 47.6 Å². The predicted octanol–water partition coefficient (Wildman–Crippen LogP) is 4.16. The molecule has 0 radical (unpaired) electrons. The Morgan fingerprint density at radius 2 is 1.85 bits per heavy atom. The van der Waals surface area contributed by atoms with E-state index in [1.807, 2.05) is 0 Å². The van der Waals surface area contributed by atoms with Gasteiger partial charge in [-0.15, -0.1) is 0 Å². The summed E-state index contributed by atoms with van der Waals surface area (Å²) in [7, 11) is 2.96. The van der Waals surface area contributed by atoms with Crippen molar-refractivity contribution in [1.29, 1.82) is 0 Å². The first-order chi connectivity index (χ1) is 12.3. The fraction of sp³-hybridized carbons (Fsp3) is 0.316. The molecule has 0 aliphatic carbocycles. The van der Waals surface area contributed by atoms with Crippen LogP contribution in [0.2, 0.25) is 0 Å². The average molecular weight is 367 g/mol. The highest BCUT2D eigenvalue weighted by molar-refractivity contribution is 5.77. The average Bonchev–Trinajstić information content (AvgIpc) is 2.59. The van der Waals surface area contributed by atoms with E-state index in [1.165, 1.54) is 7.11 Å². The lowest BCUT2D eigenvalue weighted by molar-refractivity contribution is -0.145. The van der Waals surface area contributed by atoms with E-state index in [1.54, 1.807) is 43.4 Å². The van der Waals surface area contributed by atoms with Crippen molar-refractivity contribution >= 4 is 5.97 Å². The second kappa shape index (κ2) is 8.23. The summed E-state index contributed by atoms with van der Waals surface area (Å²) in [6.45, 7) is 0.864. The van der Waals surface area contributed by atoms with Gasteiger partial charge in [-0.1, -0.05) is 30.3 Å². The Hall–Kier alpha value is -2.54. The van der Waals surface area contributed by atoms with Crippen LogP contribution in [0.1, 0.15) is 23.6 Å². The number of methoxy groups -OCH3 is 1. The number of benzene rings is 2. The summed E-state index contributed by atoms with van der Waals surface area (Å²) in [4.78, 5) is 11.2. The molecule has 0 aliphatic heterocycles. The Kier molecular flexibility index (Phi) is 6.26. The highest BCUT2D eigenvalue weighted by Crippen LogP contribution is 2.45. The van der Waals surface area contributed by atoms with Crippen molar-refractivity contribution in [3.63, 3.8) is 0 Å². The molecule has 2 aromatic rings. The van der Waals surface area contributed by atoms with Gasteiger partial charge in [-0.25, -0.2) is 0 Å². The molecule has 0 saturated carbocycles. The first kappa shape index (κ1) is 19.8. The van der Waals surface area contributed by atoms with Gasteiger partial charge in [0.25, 0.3) is 0 Å². The Balaban J connectivity index is 2.84. The highest BCUT2D eigenvalue weighted by atomic mass is 19.4. The van der Waals surface area contributed by atoms with Crippen LogP contribution in [-0.4, -0.2) is 20.1 Å². The smallest absolute Gasteiger partial charge is 0.417 e. The summed E-state index contributed by atoms with van der Waals surface area (Å²) < 4.78 is 52.3. The van der Waals surface area contributed by atoms with Crippen LogP contribution >= 0.6 is 0 Å². The lowest BCUT2D eigenvalue weighted by Gasteiger charge is -2.23. The summed E-state index contributed by atoms with van der Waals surface area (Å²) in [5.74, 6) is -0.536. The predicted molar refractivity (Wildman–Crippen MR) is 91.7 cm³/mol. The molecule has 0 saturated heterocycles. The molecule has 26 heavy (non-hydrogen) atoms. The molecule has 7 heteroatoms. The summed E-state index contributed by atoms with van der Waals surface area (Å²) in [6, 6.07) is 9.75. The van der Waals surface area contributed by atoms with Crippen LogP contribution in [0.15, 0.2) is 36.4 Å². The second-order valence-corrected chi connectivity index (χ2v) is 5.64. The molecule has 0 amide bonds. The van der Waals surface area contributed by atoms with Gasteiger partial charge in [0.05, 0.1) is 12.7 Å². The number of carbonyl (C=O) groups excluding carboxylic acids is 1. The first-order valence-corrected chi connectivity index (χ1v) is 7.92. The summed E-state index contributed by atoms with van der Waals surface area (Å²) in [6.07, 6.45) is -4.66. The number of nitrogens with one attached hydrogen (secondary N) is 1. The summed E-state index contributed by atoms with van der Waals surface area (Å²) in [5, 5.41) is 2.84. The standard InChI is InChI=1S/C19H20F3NO3/c1-12(24)26-11-15-14(10-23-2)9-16(25-3)17(18(15)19(20,21)22)13-7-5-4-6-8-13/h4-9,23H,10-11H2,1-3H3. The van der Waals surface area contributed by atoms with Crippen molar-refractivity contribution in [3.8, 4) is 16.9 Å². The van der Waals surface area contributed by atoms with E-state index < -0.39 is 24.3 Å². The minimum atomic E-state index is -4.66. The second-order valence-electron chi connectivity index (χ2n) is 5.64. The van der Waals surface area contributed by atoms with Gasteiger partial charge in [-0.3, -0.25) is 4.79 Å². The molecular formula is C19H20F3NO3. The lowest BCUT2D eigenvalue weighted by Crippen LogP contribution is -2.18. The molecule has 0 fully saturated rings. The number of hydrogen-bond donors (Lipinski definition) is 1. The van der Waals surface area contributed by atoms with Crippen molar-refractivity contribution < 1.29 is 27.4 Å². The highest BCUT2D eigenvalue weighted by Gasteiger charge is 2.39. The van der Waals surface area contributed by atoms with E-state index in [9.17, 15) is 18.0 Å². The maximum Gasteiger partial charge on any atom is 0.417 e. The molecule has 0 atom stereocenters.